The maximum Gasteiger partial charge on any atom is 0.251 e. The van der Waals surface area contributed by atoms with Crippen LogP contribution >= 0.6 is 0 Å². The molecule has 2 heterocycles. The van der Waals surface area contributed by atoms with E-state index in [1.165, 1.54) is 24.2 Å². The predicted molar refractivity (Wildman–Crippen MR) is 87.1 cm³/mol. The van der Waals surface area contributed by atoms with Gasteiger partial charge in [0, 0.05) is 37.7 Å². The minimum Gasteiger partial charge on any atom is -0.352 e. The van der Waals surface area contributed by atoms with Gasteiger partial charge in [-0.05, 0) is 38.3 Å². The van der Waals surface area contributed by atoms with E-state index in [0.29, 0.717) is 6.54 Å². The van der Waals surface area contributed by atoms with Crippen LogP contribution in [-0.2, 0) is 19.4 Å². The van der Waals surface area contributed by atoms with Crippen LogP contribution in [0.3, 0.4) is 0 Å². The number of carbonyl (C=O) groups excluding carboxylic acids is 1. The van der Waals surface area contributed by atoms with Gasteiger partial charge < -0.3 is 9.88 Å². The third kappa shape index (κ3) is 3.21. The zero-order chi connectivity index (χ0) is 15.5. The highest BCUT2D eigenvalue weighted by Crippen LogP contribution is 2.15. The van der Waals surface area contributed by atoms with Crippen molar-refractivity contribution in [2.75, 3.05) is 6.54 Å². The Bertz CT molecular complexity index is 664. The zero-order valence-corrected chi connectivity index (χ0v) is 13.4. The van der Waals surface area contributed by atoms with Crippen LogP contribution in [0.25, 0.3) is 0 Å². The van der Waals surface area contributed by atoms with E-state index >= 15 is 0 Å². The molecule has 0 radical (unpaired) electrons. The van der Waals surface area contributed by atoms with Crippen molar-refractivity contribution in [2.45, 2.75) is 46.1 Å². The van der Waals surface area contributed by atoms with Crippen molar-refractivity contribution in [1.29, 1.82) is 0 Å². The van der Waals surface area contributed by atoms with Gasteiger partial charge in [0.2, 0.25) is 0 Å². The quantitative estimate of drug-likeness (QED) is 0.943. The summed E-state index contributed by atoms with van der Waals surface area (Å²) in [6.45, 7) is 5.72. The molecule has 0 atom stereocenters. The number of fused-ring (bicyclic) bond motifs is 1. The number of rotatable bonds is 4. The topological polar surface area (TPSA) is 46.9 Å². The van der Waals surface area contributed by atoms with E-state index in [2.05, 4.69) is 21.1 Å². The molecule has 1 aliphatic heterocycles. The van der Waals surface area contributed by atoms with Crippen molar-refractivity contribution in [3.05, 3.63) is 52.6 Å². The van der Waals surface area contributed by atoms with Gasteiger partial charge in [0.25, 0.3) is 5.91 Å². The normalized spacial score (nSPS) is 13.7. The van der Waals surface area contributed by atoms with Crippen molar-refractivity contribution in [2.24, 2.45) is 0 Å². The molecule has 0 saturated carbocycles. The molecule has 1 aliphatic rings. The van der Waals surface area contributed by atoms with E-state index < -0.39 is 0 Å². The first-order valence-electron chi connectivity index (χ1n) is 8.04. The molecule has 1 N–H and O–H groups in total. The van der Waals surface area contributed by atoms with E-state index in [0.717, 1.165) is 36.2 Å². The summed E-state index contributed by atoms with van der Waals surface area (Å²) in [7, 11) is 0. The molecule has 22 heavy (non-hydrogen) atoms. The van der Waals surface area contributed by atoms with Crippen LogP contribution in [0.1, 0.15) is 45.8 Å². The summed E-state index contributed by atoms with van der Waals surface area (Å²) in [5, 5.41) is 3.00. The minimum absolute atomic E-state index is 0.00136. The van der Waals surface area contributed by atoms with Crippen LogP contribution < -0.4 is 5.32 Å². The highest BCUT2D eigenvalue weighted by atomic mass is 16.1. The second kappa shape index (κ2) is 6.34. The number of hydrogen-bond donors (Lipinski definition) is 1. The third-order valence-corrected chi connectivity index (χ3v) is 4.25. The van der Waals surface area contributed by atoms with Gasteiger partial charge in [-0.15, -0.1) is 0 Å². The van der Waals surface area contributed by atoms with Gasteiger partial charge in [0.05, 0.1) is 5.69 Å². The number of hydrogen-bond acceptors (Lipinski definition) is 2. The molecule has 0 saturated heterocycles. The van der Waals surface area contributed by atoms with Crippen LogP contribution in [0.5, 0.6) is 0 Å². The SMILES string of the molecule is Cc1ccc(C(=O)NCCc2cn3c(n2)CCCC3)c(C)c1. The summed E-state index contributed by atoms with van der Waals surface area (Å²) in [5.41, 5.74) is 4.04. The molecule has 0 aliphatic carbocycles. The number of nitrogens with zero attached hydrogens (tertiary/aromatic N) is 2. The molecule has 1 amide bonds. The van der Waals surface area contributed by atoms with Gasteiger partial charge in [0.15, 0.2) is 0 Å². The average Bonchev–Trinajstić information content (AvgIpc) is 2.89. The smallest absolute Gasteiger partial charge is 0.251 e. The van der Waals surface area contributed by atoms with E-state index in [1.54, 1.807) is 0 Å². The Balaban J connectivity index is 1.56. The van der Waals surface area contributed by atoms with Crippen LogP contribution in [-0.4, -0.2) is 22.0 Å². The summed E-state index contributed by atoms with van der Waals surface area (Å²) in [6.07, 6.45) is 6.48. The number of nitrogens with one attached hydrogen (secondary N) is 1. The lowest BCUT2D eigenvalue weighted by atomic mass is 10.1. The summed E-state index contributed by atoms with van der Waals surface area (Å²) >= 11 is 0. The molecule has 0 fully saturated rings. The first-order valence-corrected chi connectivity index (χ1v) is 8.04. The molecule has 0 unspecified atom stereocenters. The van der Waals surface area contributed by atoms with Crippen molar-refractivity contribution in [3.8, 4) is 0 Å². The van der Waals surface area contributed by atoms with Gasteiger partial charge in [-0.2, -0.15) is 0 Å². The summed E-state index contributed by atoms with van der Waals surface area (Å²) in [6, 6.07) is 5.92. The molecule has 1 aromatic carbocycles. The first kappa shape index (κ1) is 14.8. The fourth-order valence-electron chi connectivity index (χ4n) is 3.06. The fourth-order valence-corrected chi connectivity index (χ4v) is 3.06. The van der Waals surface area contributed by atoms with Gasteiger partial charge >= 0.3 is 0 Å². The Labute approximate surface area is 131 Å². The van der Waals surface area contributed by atoms with Crippen molar-refractivity contribution < 1.29 is 4.79 Å². The third-order valence-electron chi connectivity index (χ3n) is 4.25. The van der Waals surface area contributed by atoms with Crippen LogP contribution in [0.4, 0.5) is 0 Å². The fraction of sp³-hybridized carbons (Fsp3) is 0.444. The number of carbonyl (C=O) groups is 1. The molecular formula is C18H23N3O. The maximum absolute atomic E-state index is 12.2. The summed E-state index contributed by atoms with van der Waals surface area (Å²) in [4.78, 5) is 16.9. The molecule has 116 valence electrons. The van der Waals surface area contributed by atoms with Crippen molar-refractivity contribution >= 4 is 5.91 Å². The Morgan fingerprint density at radius 2 is 2.18 bits per heavy atom. The highest BCUT2D eigenvalue weighted by Gasteiger charge is 2.13. The molecule has 2 aromatic rings. The second-order valence-electron chi connectivity index (χ2n) is 6.12. The predicted octanol–water partition coefficient (Wildman–Crippen LogP) is 2.81. The Hall–Kier alpha value is -2.10. The summed E-state index contributed by atoms with van der Waals surface area (Å²) in [5.74, 6) is 1.20. The molecule has 0 spiro atoms. The van der Waals surface area contributed by atoms with Crippen LogP contribution in [0.15, 0.2) is 24.4 Å². The number of aryl methyl sites for hydroxylation is 4. The molecule has 4 nitrogen and oxygen atoms in total. The monoisotopic (exact) mass is 297 g/mol. The maximum atomic E-state index is 12.2. The van der Waals surface area contributed by atoms with Gasteiger partial charge in [-0.25, -0.2) is 4.98 Å². The zero-order valence-electron chi connectivity index (χ0n) is 13.4. The standard InChI is InChI=1S/C18H23N3O/c1-13-6-7-16(14(2)11-13)18(22)19-9-8-15-12-21-10-4-3-5-17(21)20-15/h6-7,11-12H,3-5,8-10H2,1-2H3,(H,19,22). The van der Waals surface area contributed by atoms with Gasteiger partial charge in [0.1, 0.15) is 5.82 Å². The molecule has 1 aromatic heterocycles. The average molecular weight is 297 g/mol. The van der Waals surface area contributed by atoms with Gasteiger partial charge in [-0.1, -0.05) is 17.7 Å². The minimum atomic E-state index is 0.00136. The van der Waals surface area contributed by atoms with E-state index in [9.17, 15) is 4.79 Å². The molecule has 0 bridgehead atoms. The van der Waals surface area contributed by atoms with Crippen LogP contribution in [0, 0.1) is 13.8 Å². The number of aromatic nitrogens is 2. The first-order chi connectivity index (χ1) is 10.6. The molecule has 4 heteroatoms. The van der Waals surface area contributed by atoms with Crippen LogP contribution in [0.2, 0.25) is 0 Å². The lowest BCUT2D eigenvalue weighted by molar-refractivity contribution is 0.0953. The van der Waals surface area contributed by atoms with E-state index in [4.69, 9.17) is 0 Å². The number of imidazole rings is 1. The van der Waals surface area contributed by atoms with E-state index in [1.807, 2.05) is 32.0 Å². The van der Waals surface area contributed by atoms with Crippen molar-refractivity contribution in [1.82, 2.24) is 14.9 Å². The Morgan fingerprint density at radius 1 is 1.32 bits per heavy atom. The van der Waals surface area contributed by atoms with Crippen molar-refractivity contribution in [3.63, 3.8) is 0 Å². The largest absolute Gasteiger partial charge is 0.352 e. The lowest BCUT2D eigenvalue weighted by Gasteiger charge is -2.11. The molecular weight excluding hydrogens is 274 g/mol. The second-order valence-corrected chi connectivity index (χ2v) is 6.12. The molecule has 3 rings (SSSR count). The Kier molecular flexibility index (Phi) is 4.27. The summed E-state index contributed by atoms with van der Waals surface area (Å²) < 4.78 is 2.25. The number of benzene rings is 1. The highest BCUT2D eigenvalue weighted by molar-refractivity contribution is 5.95. The van der Waals surface area contributed by atoms with E-state index in [-0.39, 0.29) is 5.91 Å². The number of amides is 1. The van der Waals surface area contributed by atoms with Gasteiger partial charge in [-0.3, -0.25) is 4.79 Å². The lowest BCUT2D eigenvalue weighted by Crippen LogP contribution is -2.26. The Morgan fingerprint density at radius 3 is 2.95 bits per heavy atom.